The van der Waals surface area contributed by atoms with E-state index in [1.165, 1.54) is 48.5 Å². The Morgan fingerprint density at radius 2 is 1.36 bits per heavy atom. The monoisotopic (exact) mass is 578 g/mol. The van der Waals surface area contributed by atoms with Crippen LogP contribution in [0.3, 0.4) is 0 Å². The summed E-state index contributed by atoms with van der Waals surface area (Å²) in [5.74, 6) is -4.17. The Balaban J connectivity index is 2.50. The van der Waals surface area contributed by atoms with Crippen LogP contribution < -0.4 is 0 Å². The molecule has 1 saturated carbocycles. The van der Waals surface area contributed by atoms with Crippen LogP contribution in [0.4, 0.5) is 0 Å². The van der Waals surface area contributed by atoms with Gasteiger partial charge in [0.2, 0.25) is 9.84 Å². The lowest BCUT2D eigenvalue weighted by atomic mass is 9.64. The largest absolute Gasteiger partial charge is 0.481 e. The number of hydrogen-bond donors (Lipinski definition) is 1. The molecule has 0 aromatic heterocycles. The van der Waals surface area contributed by atoms with Gasteiger partial charge in [0, 0.05) is 12.0 Å². The predicted octanol–water partition coefficient (Wildman–Crippen LogP) is 3.37. The summed E-state index contributed by atoms with van der Waals surface area (Å²) in [5.41, 5.74) is -2.20. The van der Waals surface area contributed by atoms with Crippen molar-refractivity contribution in [2.45, 2.75) is 33.8 Å². The molecular formula is C27H30O10S2. The van der Waals surface area contributed by atoms with Gasteiger partial charge >= 0.3 is 11.9 Å². The summed E-state index contributed by atoms with van der Waals surface area (Å²) in [4.78, 5) is 25.0. The Kier molecular flexibility index (Phi) is 8.61. The number of rotatable bonds is 9. The van der Waals surface area contributed by atoms with Crippen LogP contribution in [0.1, 0.15) is 19.3 Å². The fourth-order valence-corrected chi connectivity index (χ4v) is 9.51. The summed E-state index contributed by atoms with van der Waals surface area (Å²) >= 11 is 0. The SMILES string of the molecule is C=C(C1(S(=O)(=O)c2ccccc2)CC(C(=O)OC)(C(=O)OC)CCC1C=C(O)OC)S(=O)(=O)c1ccccc1. The van der Waals surface area contributed by atoms with E-state index in [1.807, 2.05) is 0 Å². The number of aliphatic hydroxyl groups excluding tert-OH is 1. The number of benzene rings is 2. The minimum absolute atomic E-state index is 0.247. The van der Waals surface area contributed by atoms with Crippen LogP contribution in [0.25, 0.3) is 0 Å². The molecule has 0 radical (unpaired) electrons. The Morgan fingerprint density at radius 3 is 1.82 bits per heavy atom. The van der Waals surface area contributed by atoms with Gasteiger partial charge in [-0.05, 0) is 43.5 Å². The number of hydrogen-bond acceptors (Lipinski definition) is 10. The molecule has 210 valence electrons. The molecule has 12 heteroatoms. The Morgan fingerprint density at radius 1 is 0.872 bits per heavy atom. The lowest BCUT2D eigenvalue weighted by molar-refractivity contribution is -0.172. The summed E-state index contributed by atoms with van der Waals surface area (Å²) in [5, 5.41) is 10.3. The first kappa shape index (κ1) is 29.9. The molecule has 0 saturated heterocycles. The fraction of sp³-hybridized carbons (Fsp3) is 0.333. The van der Waals surface area contributed by atoms with Crippen LogP contribution in [-0.4, -0.2) is 60.0 Å². The van der Waals surface area contributed by atoms with Crippen LogP contribution in [-0.2, 0) is 43.5 Å². The van der Waals surface area contributed by atoms with E-state index in [0.717, 1.165) is 27.4 Å². The number of carbonyl (C=O) groups is 2. The van der Waals surface area contributed by atoms with Crippen LogP contribution in [0.15, 0.2) is 94.0 Å². The third-order valence-corrected chi connectivity index (χ3v) is 11.7. The van der Waals surface area contributed by atoms with Crippen LogP contribution in [0.2, 0.25) is 0 Å². The molecule has 1 aliphatic rings. The lowest BCUT2D eigenvalue weighted by Gasteiger charge is -2.48. The quantitative estimate of drug-likeness (QED) is 0.266. The highest BCUT2D eigenvalue weighted by molar-refractivity contribution is 7.99. The van der Waals surface area contributed by atoms with E-state index in [2.05, 4.69) is 6.58 Å². The van der Waals surface area contributed by atoms with Crippen LogP contribution in [0, 0.1) is 11.3 Å². The van der Waals surface area contributed by atoms with E-state index in [1.54, 1.807) is 12.1 Å². The topological polar surface area (TPSA) is 150 Å². The summed E-state index contributed by atoms with van der Waals surface area (Å²) in [6.07, 6.45) is -0.355. The second-order valence-electron chi connectivity index (χ2n) is 9.04. The van der Waals surface area contributed by atoms with Gasteiger partial charge in [0.25, 0.3) is 5.95 Å². The van der Waals surface area contributed by atoms with E-state index < -0.39 is 65.0 Å². The number of esters is 2. The number of aliphatic hydroxyl groups is 1. The number of carbonyl (C=O) groups excluding carboxylic acids is 2. The third-order valence-electron chi connectivity index (χ3n) is 7.13. The molecule has 39 heavy (non-hydrogen) atoms. The van der Waals surface area contributed by atoms with Gasteiger partial charge in [-0.1, -0.05) is 43.0 Å². The molecule has 2 unspecified atom stereocenters. The lowest BCUT2D eigenvalue weighted by Crippen LogP contribution is -2.59. The van der Waals surface area contributed by atoms with E-state index in [4.69, 9.17) is 14.2 Å². The summed E-state index contributed by atoms with van der Waals surface area (Å²) in [7, 11) is -6.19. The van der Waals surface area contributed by atoms with Gasteiger partial charge in [0.1, 0.15) is 4.75 Å². The van der Waals surface area contributed by atoms with Gasteiger partial charge in [-0.15, -0.1) is 0 Å². The van der Waals surface area contributed by atoms with Crippen molar-refractivity contribution in [2.75, 3.05) is 21.3 Å². The van der Waals surface area contributed by atoms with E-state index in [-0.39, 0.29) is 22.6 Å². The zero-order valence-electron chi connectivity index (χ0n) is 21.7. The Labute approximate surface area is 227 Å². The van der Waals surface area contributed by atoms with Crippen molar-refractivity contribution >= 4 is 31.6 Å². The van der Waals surface area contributed by atoms with Crippen molar-refractivity contribution in [1.82, 2.24) is 0 Å². The highest BCUT2D eigenvalue weighted by Crippen LogP contribution is 2.56. The number of ether oxygens (including phenoxy) is 3. The standard InChI is InChI=1S/C27H30O10S2/c1-19(38(31,32)21-11-7-5-8-12-21)27(39(33,34)22-13-9-6-10-14-22)18-26(24(29)36-3,25(30)37-4)16-15-20(27)17-23(28)35-2/h5-14,17,20,28H,1,15-16,18H2,2-4H3. The first-order valence-corrected chi connectivity index (χ1v) is 14.7. The molecule has 2 aromatic rings. The van der Waals surface area contributed by atoms with Gasteiger partial charge in [0.15, 0.2) is 15.3 Å². The average Bonchev–Trinajstić information content (AvgIpc) is 2.96. The molecule has 0 amide bonds. The van der Waals surface area contributed by atoms with Crippen molar-refractivity contribution in [3.05, 3.63) is 84.2 Å². The zero-order chi connectivity index (χ0) is 29.1. The molecular weight excluding hydrogens is 548 g/mol. The Bertz CT molecular complexity index is 1460. The van der Waals surface area contributed by atoms with Crippen molar-refractivity contribution in [3.63, 3.8) is 0 Å². The summed E-state index contributed by atoms with van der Waals surface area (Å²) in [6, 6.07) is 14.1. The van der Waals surface area contributed by atoms with E-state index in [0.29, 0.717) is 0 Å². The highest BCUT2D eigenvalue weighted by Gasteiger charge is 2.66. The van der Waals surface area contributed by atoms with Crippen molar-refractivity contribution < 1.29 is 45.7 Å². The molecule has 10 nitrogen and oxygen atoms in total. The van der Waals surface area contributed by atoms with E-state index in [9.17, 15) is 31.5 Å². The third kappa shape index (κ3) is 4.94. The normalized spacial score (nSPS) is 21.4. The van der Waals surface area contributed by atoms with Crippen molar-refractivity contribution in [3.8, 4) is 0 Å². The molecule has 2 aromatic carbocycles. The van der Waals surface area contributed by atoms with Gasteiger partial charge in [-0.3, -0.25) is 9.59 Å². The first-order chi connectivity index (χ1) is 18.3. The van der Waals surface area contributed by atoms with Crippen LogP contribution in [0.5, 0.6) is 0 Å². The van der Waals surface area contributed by atoms with Crippen molar-refractivity contribution in [1.29, 1.82) is 0 Å². The van der Waals surface area contributed by atoms with E-state index >= 15 is 0 Å². The molecule has 3 rings (SSSR count). The molecule has 2 atom stereocenters. The predicted molar refractivity (Wildman–Crippen MR) is 141 cm³/mol. The van der Waals surface area contributed by atoms with Gasteiger partial charge in [0.05, 0.1) is 36.0 Å². The molecule has 0 bridgehead atoms. The fourth-order valence-electron chi connectivity index (χ4n) is 5.11. The van der Waals surface area contributed by atoms with Crippen LogP contribution >= 0.6 is 0 Å². The molecule has 1 fully saturated rings. The number of allylic oxidation sites excluding steroid dienone is 1. The minimum Gasteiger partial charge on any atom is -0.481 e. The maximum atomic E-state index is 14.6. The molecule has 0 spiro atoms. The zero-order valence-corrected chi connectivity index (χ0v) is 23.3. The number of methoxy groups -OCH3 is 3. The average molecular weight is 579 g/mol. The Hall–Kier alpha value is -3.64. The van der Waals surface area contributed by atoms with Crippen molar-refractivity contribution in [2.24, 2.45) is 11.3 Å². The second kappa shape index (κ2) is 11.2. The van der Waals surface area contributed by atoms with Gasteiger partial charge in [-0.2, -0.15) is 0 Å². The highest BCUT2D eigenvalue weighted by atomic mass is 32.2. The molecule has 0 aliphatic heterocycles. The summed E-state index contributed by atoms with van der Waals surface area (Å²) in [6.45, 7) is 3.79. The molecule has 1 aliphatic carbocycles. The maximum absolute atomic E-state index is 14.6. The second-order valence-corrected chi connectivity index (χ2v) is 13.2. The molecule has 0 heterocycles. The maximum Gasteiger partial charge on any atom is 0.323 e. The van der Waals surface area contributed by atoms with Gasteiger partial charge in [-0.25, -0.2) is 16.8 Å². The summed E-state index contributed by atoms with van der Waals surface area (Å²) < 4.78 is 69.4. The van der Waals surface area contributed by atoms with Gasteiger partial charge < -0.3 is 19.3 Å². The molecule has 1 N–H and O–H groups in total. The number of sulfone groups is 2. The first-order valence-electron chi connectivity index (χ1n) is 11.8. The smallest absolute Gasteiger partial charge is 0.323 e. The minimum atomic E-state index is -4.78.